The number of anilines is 2. The summed E-state index contributed by atoms with van der Waals surface area (Å²) in [6, 6.07) is 10.1. The quantitative estimate of drug-likeness (QED) is 0.772. The Kier molecular flexibility index (Phi) is 4.88. The Bertz CT molecular complexity index is 830. The molecule has 1 saturated carbocycles. The van der Waals surface area contributed by atoms with E-state index in [9.17, 15) is 18.4 Å². The summed E-state index contributed by atoms with van der Waals surface area (Å²) in [5.74, 6) is -2.56. The number of para-hydroxylation sites is 3. The maximum Gasteiger partial charge on any atom is 0.240 e. The molecule has 1 aliphatic carbocycles. The summed E-state index contributed by atoms with van der Waals surface area (Å²) in [6.07, 6.45) is 0.606. The van der Waals surface area contributed by atoms with Crippen LogP contribution in [-0.4, -0.2) is 18.4 Å². The van der Waals surface area contributed by atoms with Crippen LogP contribution in [0.3, 0.4) is 0 Å². The van der Waals surface area contributed by atoms with E-state index in [-0.39, 0.29) is 0 Å². The molecule has 5 nitrogen and oxygen atoms in total. The van der Waals surface area contributed by atoms with Crippen molar-refractivity contribution < 1.29 is 23.1 Å². The van der Waals surface area contributed by atoms with E-state index in [0.29, 0.717) is 30.9 Å². The summed E-state index contributed by atoms with van der Waals surface area (Å²) in [7, 11) is 0. The van der Waals surface area contributed by atoms with Crippen molar-refractivity contribution in [1.29, 1.82) is 0 Å². The lowest BCUT2D eigenvalue weighted by molar-refractivity contribution is -0.131. The van der Waals surface area contributed by atoms with Gasteiger partial charge in [0.25, 0.3) is 0 Å². The number of ether oxygens (including phenoxy) is 1. The van der Waals surface area contributed by atoms with E-state index in [4.69, 9.17) is 4.74 Å². The van der Waals surface area contributed by atoms with Gasteiger partial charge in [0.05, 0.1) is 12.3 Å². The molecule has 0 radical (unpaired) electrons. The van der Waals surface area contributed by atoms with Gasteiger partial charge in [0.2, 0.25) is 11.8 Å². The highest BCUT2D eigenvalue weighted by molar-refractivity contribution is 6.17. The van der Waals surface area contributed by atoms with Crippen LogP contribution in [0.1, 0.15) is 19.8 Å². The Hall–Kier alpha value is -2.96. The molecule has 26 heavy (non-hydrogen) atoms. The number of amides is 2. The average molecular weight is 360 g/mol. The highest BCUT2D eigenvalue weighted by Gasteiger charge is 2.56. The zero-order chi connectivity index (χ0) is 18.7. The number of benzene rings is 2. The number of rotatable bonds is 6. The molecule has 3 rings (SSSR count). The minimum absolute atomic E-state index is 0.303. The fraction of sp³-hybridized carbons (Fsp3) is 0.263. The normalized spacial score (nSPS) is 14.4. The molecule has 1 fully saturated rings. The Labute approximate surface area is 149 Å². The van der Waals surface area contributed by atoms with Crippen LogP contribution >= 0.6 is 0 Å². The first kappa shape index (κ1) is 17.8. The van der Waals surface area contributed by atoms with E-state index in [0.717, 1.165) is 12.1 Å². The Morgan fingerprint density at radius 3 is 2.23 bits per heavy atom. The molecule has 2 amide bonds. The lowest BCUT2D eigenvalue weighted by atomic mass is 10.0. The predicted molar refractivity (Wildman–Crippen MR) is 92.9 cm³/mol. The van der Waals surface area contributed by atoms with Gasteiger partial charge < -0.3 is 15.4 Å². The molecule has 2 aromatic rings. The smallest absolute Gasteiger partial charge is 0.240 e. The number of carbonyl (C=O) groups excluding carboxylic acids is 2. The molecular weight excluding hydrogens is 342 g/mol. The SMILES string of the molecule is CCOc1ccccc1NC(=O)C1(C(=O)Nc2c(F)cccc2F)CC1. The van der Waals surface area contributed by atoms with Crippen LogP contribution < -0.4 is 15.4 Å². The van der Waals surface area contributed by atoms with Crippen molar-refractivity contribution in [3.63, 3.8) is 0 Å². The second-order valence-corrected chi connectivity index (χ2v) is 6.02. The van der Waals surface area contributed by atoms with Gasteiger partial charge in [-0.3, -0.25) is 9.59 Å². The number of hydrogen-bond acceptors (Lipinski definition) is 3. The second-order valence-electron chi connectivity index (χ2n) is 6.02. The molecule has 0 atom stereocenters. The van der Waals surface area contributed by atoms with Crippen LogP contribution in [0.25, 0.3) is 0 Å². The van der Waals surface area contributed by atoms with Crippen LogP contribution in [0.4, 0.5) is 20.2 Å². The van der Waals surface area contributed by atoms with Crippen LogP contribution in [0, 0.1) is 17.0 Å². The molecule has 136 valence electrons. The Balaban J connectivity index is 1.76. The molecule has 0 saturated heterocycles. The molecule has 0 spiro atoms. The van der Waals surface area contributed by atoms with Crippen LogP contribution in [0.2, 0.25) is 0 Å². The number of hydrogen-bond donors (Lipinski definition) is 2. The third-order valence-electron chi connectivity index (χ3n) is 4.26. The minimum Gasteiger partial charge on any atom is -0.492 e. The molecule has 2 aromatic carbocycles. The number of halogens is 2. The van der Waals surface area contributed by atoms with Gasteiger partial charge >= 0.3 is 0 Å². The number of nitrogens with one attached hydrogen (secondary N) is 2. The minimum atomic E-state index is -1.34. The van der Waals surface area contributed by atoms with Crippen LogP contribution in [0.5, 0.6) is 5.75 Å². The molecule has 0 heterocycles. The van der Waals surface area contributed by atoms with E-state index in [1.54, 1.807) is 24.3 Å². The van der Waals surface area contributed by atoms with Crippen molar-refractivity contribution >= 4 is 23.2 Å². The summed E-state index contributed by atoms with van der Waals surface area (Å²) in [5.41, 5.74) is -1.45. The molecule has 7 heteroatoms. The molecule has 2 N–H and O–H groups in total. The van der Waals surface area contributed by atoms with E-state index < -0.39 is 34.6 Å². The topological polar surface area (TPSA) is 67.4 Å². The van der Waals surface area contributed by atoms with Crippen molar-refractivity contribution in [2.45, 2.75) is 19.8 Å². The van der Waals surface area contributed by atoms with E-state index in [2.05, 4.69) is 10.6 Å². The van der Waals surface area contributed by atoms with Gasteiger partial charge in [0.15, 0.2) is 0 Å². The highest BCUT2D eigenvalue weighted by Crippen LogP contribution is 2.48. The summed E-state index contributed by atoms with van der Waals surface area (Å²) in [6.45, 7) is 2.24. The highest BCUT2D eigenvalue weighted by atomic mass is 19.1. The summed E-state index contributed by atoms with van der Waals surface area (Å²) in [5, 5.41) is 4.89. The Morgan fingerprint density at radius 1 is 1.00 bits per heavy atom. The van der Waals surface area contributed by atoms with Crippen molar-refractivity contribution in [3.8, 4) is 5.75 Å². The lowest BCUT2D eigenvalue weighted by Gasteiger charge is -2.17. The molecule has 0 aromatic heterocycles. The third-order valence-corrected chi connectivity index (χ3v) is 4.26. The van der Waals surface area contributed by atoms with Gasteiger partial charge in [-0.1, -0.05) is 18.2 Å². The lowest BCUT2D eigenvalue weighted by Crippen LogP contribution is -2.36. The van der Waals surface area contributed by atoms with Gasteiger partial charge in [-0.25, -0.2) is 8.78 Å². The van der Waals surface area contributed by atoms with Gasteiger partial charge in [-0.2, -0.15) is 0 Å². The monoisotopic (exact) mass is 360 g/mol. The molecule has 1 aliphatic rings. The number of carbonyl (C=O) groups is 2. The summed E-state index contributed by atoms with van der Waals surface area (Å²) in [4.78, 5) is 25.1. The summed E-state index contributed by atoms with van der Waals surface area (Å²) >= 11 is 0. The van der Waals surface area contributed by atoms with Crippen LogP contribution in [0.15, 0.2) is 42.5 Å². The second kappa shape index (κ2) is 7.11. The first-order valence-corrected chi connectivity index (χ1v) is 8.26. The molecule has 0 bridgehead atoms. The first-order valence-electron chi connectivity index (χ1n) is 8.26. The van der Waals surface area contributed by atoms with E-state index >= 15 is 0 Å². The van der Waals surface area contributed by atoms with Gasteiger partial charge in [-0.15, -0.1) is 0 Å². The fourth-order valence-corrected chi connectivity index (χ4v) is 2.63. The van der Waals surface area contributed by atoms with E-state index in [1.807, 2.05) is 6.92 Å². The first-order chi connectivity index (χ1) is 12.5. The van der Waals surface area contributed by atoms with Crippen LogP contribution in [-0.2, 0) is 9.59 Å². The van der Waals surface area contributed by atoms with E-state index in [1.165, 1.54) is 6.07 Å². The van der Waals surface area contributed by atoms with Gasteiger partial charge in [-0.05, 0) is 44.0 Å². The predicted octanol–water partition coefficient (Wildman–Crippen LogP) is 3.72. The molecule has 0 unspecified atom stereocenters. The third kappa shape index (κ3) is 3.37. The van der Waals surface area contributed by atoms with Crippen molar-refractivity contribution in [3.05, 3.63) is 54.1 Å². The summed E-state index contributed by atoms with van der Waals surface area (Å²) < 4.78 is 32.9. The molecule has 0 aliphatic heterocycles. The largest absolute Gasteiger partial charge is 0.492 e. The Morgan fingerprint density at radius 2 is 1.62 bits per heavy atom. The maximum atomic E-state index is 13.7. The molecular formula is C19H18F2N2O3. The zero-order valence-corrected chi connectivity index (χ0v) is 14.1. The van der Waals surface area contributed by atoms with Gasteiger partial charge in [0.1, 0.15) is 28.5 Å². The van der Waals surface area contributed by atoms with Crippen molar-refractivity contribution in [1.82, 2.24) is 0 Å². The van der Waals surface area contributed by atoms with Crippen molar-refractivity contribution in [2.24, 2.45) is 5.41 Å². The van der Waals surface area contributed by atoms with Crippen molar-refractivity contribution in [2.75, 3.05) is 17.2 Å². The van der Waals surface area contributed by atoms with Gasteiger partial charge in [0, 0.05) is 0 Å². The fourth-order valence-electron chi connectivity index (χ4n) is 2.63. The maximum absolute atomic E-state index is 13.7. The zero-order valence-electron chi connectivity index (χ0n) is 14.1. The average Bonchev–Trinajstić information content (AvgIpc) is 3.42. The standard InChI is InChI=1S/C19H18F2N2O3/c1-2-26-15-9-4-3-8-14(15)22-17(24)19(10-11-19)18(25)23-16-12(20)6-5-7-13(16)21/h3-9H,2,10-11H2,1H3,(H,22,24)(H,23,25).